The highest BCUT2D eigenvalue weighted by Gasteiger charge is 2.38. The number of amides is 1. The van der Waals surface area contributed by atoms with E-state index in [1.807, 2.05) is 36.4 Å². The molecule has 4 rings (SSSR count). The molecule has 1 amide bonds. The van der Waals surface area contributed by atoms with Crippen LogP contribution in [0.4, 0.5) is 0 Å². The summed E-state index contributed by atoms with van der Waals surface area (Å²) in [4.78, 5) is 15.4. The van der Waals surface area contributed by atoms with E-state index in [2.05, 4.69) is 10.2 Å². The number of hydrogen-bond donors (Lipinski definition) is 1. The number of nitrogens with zero attached hydrogens (tertiary/aromatic N) is 1. The fourth-order valence-electron chi connectivity index (χ4n) is 4.03. The van der Waals surface area contributed by atoms with Crippen LogP contribution in [-0.2, 0) is 6.42 Å². The normalized spacial score (nSPS) is 21.3. The number of fused-ring (bicyclic) bond motifs is 1. The second kappa shape index (κ2) is 6.99. The Bertz CT molecular complexity index is 802. The smallest absolute Gasteiger partial charge is 0.254 e. The quantitative estimate of drug-likeness (QED) is 0.839. The largest absolute Gasteiger partial charge is 0.328 e. The van der Waals surface area contributed by atoms with Crippen molar-refractivity contribution in [2.24, 2.45) is 0 Å². The van der Waals surface area contributed by atoms with E-state index in [1.165, 1.54) is 0 Å². The van der Waals surface area contributed by atoms with Crippen LogP contribution in [0.1, 0.15) is 40.4 Å². The van der Waals surface area contributed by atoms with Crippen LogP contribution >= 0.6 is 23.2 Å². The van der Waals surface area contributed by atoms with Gasteiger partial charge in [-0.3, -0.25) is 4.79 Å². The minimum atomic E-state index is -0.0460. The summed E-state index contributed by atoms with van der Waals surface area (Å²) in [5.41, 5.74) is 2.89. The molecule has 1 atom stereocenters. The van der Waals surface area contributed by atoms with Crippen molar-refractivity contribution >= 4 is 29.1 Å². The van der Waals surface area contributed by atoms with Crippen molar-refractivity contribution in [3.63, 3.8) is 0 Å². The molecule has 0 aliphatic carbocycles. The number of carbonyl (C=O) groups excluding carboxylic acids is 1. The van der Waals surface area contributed by atoms with Crippen LogP contribution in [-0.4, -0.2) is 29.9 Å². The van der Waals surface area contributed by atoms with E-state index in [4.69, 9.17) is 23.2 Å². The van der Waals surface area contributed by atoms with Crippen LogP contribution in [0.2, 0.25) is 10.0 Å². The molecule has 0 aromatic heterocycles. The number of nitrogens with one attached hydrogen (secondary N) is 1. The number of piperidine rings is 1. The number of rotatable bonds is 2. The van der Waals surface area contributed by atoms with E-state index in [0.29, 0.717) is 10.0 Å². The Balaban J connectivity index is 1.79. The van der Waals surface area contributed by atoms with Crippen molar-refractivity contribution in [3.8, 4) is 0 Å². The summed E-state index contributed by atoms with van der Waals surface area (Å²) in [5.74, 6) is 0.116. The molecule has 1 fully saturated rings. The lowest BCUT2D eigenvalue weighted by atomic mass is 9.86. The van der Waals surface area contributed by atoms with Crippen molar-refractivity contribution in [2.75, 3.05) is 13.1 Å². The molecule has 5 heteroatoms. The molecule has 0 spiro atoms. The first-order valence-electron chi connectivity index (χ1n) is 8.71. The Labute approximate surface area is 157 Å². The molecule has 1 N–H and O–H groups in total. The van der Waals surface area contributed by atoms with Crippen molar-refractivity contribution in [3.05, 3.63) is 69.2 Å². The summed E-state index contributed by atoms with van der Waals surface area (Å²) in [6, 6.07) is 13.7. The van der Waals surface area contributed by atoms with Gasteiger partial charge in [-0.25, -0.2) is 0 Å². The van der Waals surface area contributed by atoms with E-state index in [0.717, 1.165) is 49.0 Å². The fraction of sp³-hybridized carbons (Fsp3) is 0.350. The highest BCUT2D eigenvalue weighted by atomic mass is 35.5. The Kier molecular flexibility index (Phi) is 4.72. The predicted molar refractivity (Wildman–Crippen MR) is 101 cm³/mol. The van der Waals surface area contributed by atoms with Crippen molar-refractivity contribution in [1.82, 2.24) is 10.2 Å². The molecule has 1 saturated heterocycles. The molecule has 0 saturated carbocycles. The van der Waals surface area contributed by atoms with Crippen LogP contribution in [0.5, 0.6) is 0 Å². The summed E-state index contributed by atoms with van der Waals surface area (Å²) in [6.45, 7) is 1.88. The first-order chi connectivity index (χ1) is 12.1. The van der Waals surface area contributed by atoms with Crippen LogP contribution in [0.15, 0.2) is 42.5 Å². The lowest BCUT2D eigenvalue weighted by Crippen LogP contribution is -2.50. The van der Waals surface area contributed by atoms with Gasteiger partial charge >= 0.3 is 0 Å². The van der Waals surface area contributed by atoms with Gasteiger partial charge in [0.2, 0.25) is 0 Å². The van der Waals surface area contributed by atoms with E-state index in [1.54, 1.807) is 6.07 Å². The predicted octanol–water partition coefficient (Wildman–Crippen LogP) is 4.49. The molecule has 25 heavy (non-hydrogen) atoms. The van der Waals surface area contributed by atoms with Crippen LogP contribution in [0.25, 0.3) is 0 Å². The number of halogens is 2. The summed E-state index contributed by atoms with van der Waals surface area (Å²) in [6.07, 6.45) is 2.72. The number of benzene rings is 2. The summed E-state index contributed by atoms with van der Waals surface area (Å²) < 4.78 is 0. The van der Waals surface area contributed by atoms with Gasteiger partial charge in [0.1, 0.15) is 0 Å². The topological polar surface area (TPSA) is 32.3 Å². The van der Waals surface area contributed by atoms with E-state index in [-0.39, 0.29) is 18.0 Å². The van der Waals surface area contributed by atoms with Gasteiger partial charge in [0.15, 0.2) is 0 Å². The maximum Gasteiger partial charge on any atom is 0.254 e. The maximum atomic E-state index is 13.3. The molecule has 0 radical (unpaired) electrons. The molecule has 3 nitrogen and oxygen atoms in total. The monoisotopic (exact) mass is 374 g/mol. The molecule has 2 aliphatic rings. The molecular weight excluding hydrogens is 355 g/mol. The zero-order valence-corrected chi connectivity index (χ0v) is 15.4. The average molecular weight is 375 g/mol. The Morgan fingerprint density at radius 2 is 1.80 bits per heavy atom. The minimum Gasteiger partial charge on any atom is -0.328 e. The summed E-state index contributed by atoms with van der Waals surface area (Å²) in [5, 5.41) is 4.62. The second-order valence-electron chi connectivity index (χ2n) is 6.74. The molecule has 1 unspecified atom stereocenters. The Morgan fingerprint density at radius 3 is 2.56 bits per heavy atom. The van der Waals surface area contributed by atoms with Gasteiger partial charge in [-0.15, -0.1) is 0 Å². The molecule has 2 aliphatic heterocycles. The van der Waals surface area contributed by atoms with Crippen LogP contribution in [0.3, 0.4) is 0 Å². The lowest BCUT2D eigenvalue weighted by Gasteiger charge is -2.44. The standard InChI is InChI=1S/C20H20Cl2N2O/c21-14-5-6-17(18(22)12-14)19-11-13-3-1-2-4-16(13)20(25)24(19)15-7-9-23-10-8-15/h1-6,12,15,19,23H,7-11H2. The molecular formula is C20H20Cl2N2O. The van der Waals surface area contributed by atoms with Crippen molar-refractivity contribution < 1.29 is 4.79 Å². The zero-order chi connectivity index (χ0) is 17.4. The van der Waals surface area contributed by atoms with E-state index < -0.39 is 0 Å². The van der Waals surface area contributed by atoms with Gasteiger partial charge in [-0.05, 0) is 61.7 Å². The van der Waals surface area contributed by atoms with Gasteiger partial charge < -0.3 is 10.2 Å². The molecule has 2 heterocycles. The van der Waals surface area contributed by atoms with Gasteiger partial charge in [0.25, 0.3) is 5.91 Å². The molecule has 0 bridgehead atoms. The third-order valence-corrected chi connectivity index (χ3v) is 5.82. The van der Waals surface area contributed by atoms with Crippen molar-refractivity contribution in [1.29, 1.82) is 0 Å². The summed E-state index contributed by atoms with van der Waals surface area (Å²) >= 11 is 12.6. The number of carbonyl (C=O) groups is 1. The average Bonchev–Trinajstić information content (AvgIpc) is 2.62. The van der Waals surface area contributed by atoms with Gasteiger partial charge in [-0.2, -0.15) is 0 Å². The number of hydrogen-bond acceptors (Lipinski definition) is 2. The third kappa shape index (κ3) is 3.17. The van der Waals surface area contributed by atoms with E-state index >= 15 is 0 Å². The van der Waals surface area contributed by atoms with Gasteiger partial charge in [0.05, 0.1) is 6.04 Å². The highest BCUT2D eigenvalue weighted by molar-refractivity contribution is 6.35. The first-order valence-corrected chi connectivity index (χ1v) is 9.47. The zero-order valence-electron chi connectivity index (χ0n) is 13.8. The minimum absolute atomic E-state index is 0.0460. The van der Waals surface area contributed by atoms with Crippen LogP contribution < -0.4 is 5.32 Å². The SMILES string of the molecule is O=C1c2ccccc2CC(c2ccc(Cl)cc2Cl)N1C1CCNCC1. The molecule has 2 aromatic carbocycles. The molecule has 130 valence electrons. The van der Waals surface area contributed by atoms with Gasteiger partial charge in [0, 0.05) is 21.7 Å². The van der Waals surface area contributed by atoms with Gasteiger partial charge in [-0.1, -0.05) is 47.5 Å². The van der Waals surface area contributed by atoms with Crippen LogP contribution in [0, 0.1) is 0 Å². The first kappa shape index (κ1) is 16.9. The Morgan fingerprint density at radius 1 is 1.04 bits per heavy atom. The molecule has 2 aromatic rings. The lowest BCUT2D eigenvalue weighted by molar-refractivity contribution is 0.0485. The maximum absolute atomic E-state index is 13.3. The third-order valence-electron chi connectivity index (χ3n) is 5.25. The highest BCUT2D eigenvalue weighted by Crippen LogP contribution is 2.39. The Hall–Kier alpha value is -1.55. The second-order valence-corrected chi connectivity index (χ2v) is 7.58. The summed E-state index contributed by atoms with van der Waals surface area (Å²) in [7, 11) is 0. The van der Waals surface area contributed by atoms with Crippen molar-refractivity contribution in [2.45, 2.75) is 31.3 Å². The van der Waals surface area contributed by atoms with E-state index in [9.17, 15) is 4.79 Å². The fourth-order valence-corrected chi connectivity index (χ4v) is 4.57.